The predicted molar refractivity (Wildman–Crippen MR) is 114 cm³/mol. The standard InChI is InChI=1S/C23H24N4O2/c24-17-19-8-4-3-7-18(19)9-14-22(28)25-20-10-12-21(13-11-20)26-23(29)27-15-5-1-2-6-16-27/h3-4,7-14H,1-2,5-6,15-16H2,(H,25,28)(H,26,29)/b14-9+. The van der Waals surface area contributed by atoms with Crippen molar-refractivity contribution in [3.8, 4) is 6.07 Å². The zero-order chi connectivity index (χ0) is 20.5. The van der Waals surface area contributed by atoms with Gasteiger partial charge < -0.3 is 15.5 Å². The number of likely N-dealkylation sites (tertiary alicyclic amines) is 1. The molecule has 3 rings (SSSR count). The Labute approximate surface area is 170 Å². The average molecular weight is 388 g/mol. The summed E-state index contributed by atoms with van der Waals surface area (Å²) in [5, 5.41) is 14.8. The van der Waals surface area contributed by atoms with Crippen molar-refractivity contribution in [2.75, 3.05) is 23.7 Å². The van der Waals surface area contributed by atoms with Gasteiger partial charge in [-0.3, -0.25) is 4.79 Å². The van der Waals surface area contributed by atoms with Crippen LogP contribution in [0.5, 0.6) is 0 Å². The number of nitrogens with one attached hydrogen (secondary N) is 2. The Hall–Kier alpha value is -3.59. The summed E-state index contributed by atoms with van der Waals surface area (Å²) in [7, 11) is 0. The monoisotopic (exact) mass is 388 g/mol. The van der Waals surface area contributed by atoms with Crippen LogP contribution < -0.4 is 10.6 Å². The van der Waals surface area contributed by atoms with Crippen LogP contribution in [0.1, 0.15) is 36.8 Å². The molecular formula is C23H24N4O2. The van der Waals surface area contributed by atoms with Crippen LogP contribution in [0.15, 0.2) is 54.6 Å². The van der Waals surface area contributed by atoms with Crippen LogP contribution in [-0.4, -0.2) is 29.9 Å². The van der Waals surface area contributed by atoms with E-state index in [1.54, 1.807) is 48.5 Å². The highest BCUT2D eigenvalue weighted by Crippen LogP contribution is 2.16. The van der Waals surface area contributed by atoms with E-state index < -0.39 is 0 Å². The number of hydrogen-bond acceptors (Lipinski definition) is 3. The van der Waals surface area contributed by atoms with Crippen LogP contribution in [-0.2, 0) is 4.79 Å². The van der Waals surface area contributed by atoms with Crippen molar-refractivity contribution in [2.24, 2.45) is 0 Å². The molecule has 3 amide bonds. The fourth-order valence-corrected chi connectivity index (χ4v) is 3.21. The second-order valence-corrected chi connectivity index (χ2v) is 6.93. The van der Waals surface area contributed by atoms with E-state index in [4.69, 9.17) is 5.26 Å². The van der Waals surface area contributed by atoms with Crippen LogP contribution in [0.2, 0.25) is 0 Å². The molecule has 148 valence electrons. The van der Waals surface area contributed by atoms with Gasteiger partial charge in [0.15, 0.2) is 0 Å². The number of nitrogens with zero attached hydrogens (tertiary/aromatic N) is 2. The number of carbonyl (C=O) groups excluding carboxylic acids is 2. The molecule has 0 aliphatic carbocycles. The van der Waals surface area contributed by atoms with Gasteiger partial charge in [-0.25, -0.2) is 4.79 Å². The largest absolute Gasteiger partial charge is 0.325 e. The van der Waals surface area contributed by atoms with E-state index in [1.165, 1.54) is 18.9 Å². The molecule has 1 saturated heterocycles. The average Bonchev–Trinajstić information content (AvgIpc) is 3.03. The minimum atomic E-state index is -0.293. The Kier molecular flexibility index (Phi) is 7.01. The number of anilines is 2. The summed E-state index contributed by atoms with van der Waals surface area (Å²) in [5.74, 6) is -0.293. The summed E-state index contributed by atoms with van der Waals surface area (Å²) in [4.78, 5) is 26.4. The molecule has 0 atom stereocenters. The van der Waals surface area contributed by atoms with Gasteiger partial charge in [0.25, 0.3) is 0 Å². The molecule has 29 heavy (non-hydrogen) atoms. The first-order chi connectivity index (χ1) is 14.2. The number of benzene rings is 2. The van der Waals surface area contributed by atoms with Crippen molar-refractivity contribution in [1.29, 1.82) is 5.26 Å². The van der Waals surface area contributed by atoms with E-state index in [1.807, 2.05) is 11.0 Å². The highest BCUT2D eigenvalue weighted by Gasteiger charge is 2.15. The van der Waals surface area contributed by atoms with Gasteiger partial charge >= 0.3 is 6.03 Å². The van der Waals surface area contributed by atoms with Crippen LogP contribution in [0.4, 0.5) is 16.2 Å². The summed E-state index contributed by atoms with van der Waals surface area (Å²) in [6.07, 6.45) is 7.45. The molecule has 1 heterocycles. The Morgan fingerprint density at radius 2 is 1.52 bits per heavy atom. The molecule has 2 aromatic rings. The van der Waals surface area contributed by atoms with Gasteiger partial charge in [-0.2, -0.15) is 5.26 Å². The maximum absolute atomic E-state index is 12.4. The molecule has 0 saturated carbocycles. The van der Waals surface area contributed by atoms with Crippen LogP contribution >= 0.6 is 0 Å². The van der Waals surface area contributed by atoms with Gasteiger partial charge in [0, 0.05) is 30.5 Å². The normalized spacial score (nSPS) is 14.1. The summed E-state index contributed by atoms with van der Waals surface area (Å²) in [5.41, 5.74) is 2.52. The molecule has 6 nitrogen and oxygen atoms in total. The molecule has 0 radical (unpaired) electrons. The maximum atomic E-state index is 12.4. The fourth-order valence-electron chi connectivity index (χ4n) is 3.21. The zero-order valence-electron chi connectivity index (χ0n) is 16.2. The van der Waals surface area contributed by atoms with E-state index in [0.29, 0.717) is 22.5 Å². The van der Waals surface area contributed by atoms with Crippen molar-refractivity contribution in [3.63, 3.8) is 0 Å². The van der Waals surface area contributed by atoms with E-state index in [2.05, 4.69) is 16.7 Å². The van der Waals surface area contributed by atoms with Gasteiger partial charge in [0.05, 0.1) is 11.6 Å². The second kappa shape index (κ2) is 10.1. The molecular weight excluding hydrogens is 364 g/mol. The number of hydrogen-bond donors (Lipinski definition) is 2. The zero-order valence-corrected chi connectivity index (χ0v) is 16.2. The van der Waals surface area contributed by atoms with Gasteiger partial charge in [-0.1, -0.05) is 31.0 Å². The Morgan fingerprint density at radius 1 is 0.897 bits per heavy atom. The maximum Gasteiger partial charge on any atom is 0.321 e. The van der Waals surface area contributed by atoms with Crippen LogP contribution in [0, 0.1) is 11.3 Å². The Morgan fingerprint density at radius 3 is 2.17 bits per heavy atom. The first-order valence-electron chi connectivity index (χ1n) is 9.80. The van der Waals surface area contributed by atoms with Crippen molar-refractivity contribution in [2.45, 2.75) is 25.7 Å². The second-order valence-electron chi connectivity index (χ2n) is 6.93. The lowest BCUT2D eigenvalue weighted by atomic mass is 10.1. The highest BCUT2D eigenvalue weighted by molar-refractivity contribution is 6.02. The number of rotatable bonds is 4. The summed E-state index contributed by atoms with van der Waals surface area (Å²) in [6.45, 7) is 1.59. The van der Waals surface area contributed by atoms with Gasteiger partial charge in [0.2, 0.25) is 5.91 Å². The molecule has 2 N–H and O–H groups in total. The third-order valence-corrected chi connectivity index (χ3v) is 4.79. The van der Waals surface area contributed by atoms with E-state index in [9.17, 15) is 9.59 Å². The number of carbonyl (C=O) groups is 2. The molecule has 1 aliphatic rings. The Bertz CT molecular complexity index is 921. The van der Waals surface area contributed by atoms with E-state index in [0.717, 1.165) is 25.9 Å². The number of nitriles is 1. The molecule has 1 fully saturated rings. The third kappa shape index (κ3) is 5.94. The molecule has 0 bridgehead atoms. The lowest BCUT2D eigenvalue weighted by Gasteiger charge is -2.20. The smallest absolute Gasteiger partial charge is 0.321 e. The first kappa shape index (κ1) is 20.2. The molecule has 1 aliphatic heterocycles. The molecule has 0 aromatic heterocycles. The quantitative estimate of drug-likeness (QED) is 0.750. The molecule has 2 aromatic carbocycles. The lowest BCUT2D eigenvalue weighted by Crippen LogP contribution is -2.35. The third-order valence-electron chi connectivity index (χ3n) is 4.79. The molecule has 0 unspecified atom stereocenters. The Balaban J connectivity index is 1.54. The van der Waals surface area contributed by atoms with Crippen molar-refractivity contribution < 1.29 is 9.59 Å². The van der Waals surface area contributed by atoms with Crippen molar-refractivity contribution in [1.82, 2.24) is 4.90 Å². The SMILES string of the molecule is N#Cc1ccccc1/C=C/C(=O)Nc1ccc(NC(=O)N2CCCCCC2)cc1. The molecule has 6 heteroatoms. The van der Waals surface area contributed by atoms with Crippen LogP contribution in [0.3, 0.4) is 0 Å². The topological polar surface area (TPSA) is 85.2 Å². The fraction of sp³-hybridized carbons (Fsp3) is 0.261. The predicted octanol–water partition coefficient (Wildman–Crippen LogP) is 4.62. The number of amides is 3. The molecule has 0 spiro atoms. The van der Waals surface area contributed by atoms with E-state index >= 15 is 0 Å². The highest BCUT2D eigenvalue weighted by atomic mass is 16.2. The van der Waals surface area contributed by atoms with Crippen LogP contribution in [0.25, 0.3) is 6.08 Å². The number of urea groups is 1. The minimum absolute atomic E-state index is 0.0808. The van der Waals surface area contributed by atoms with E-state index in [-0.39, 0.29) is 11.9 Å². The van der Waals surface area contributed by atoms with Gasteiger partial charge in [-0.05, 0) is 54.8 Å². The summed E-state index contributed by atoms with van der Waals surface area (Å²) >= 11 is 0. The van der Waals surface area contributed by atoms with Crippen molar-refractivity contribution in [3.05, 3.63) is 65.7 Å². The van der Waals surface area contributed by atoms with Crippen molar-refractivity contribution >= 4 is 29.4 Å². The van der Waals surface area contributed by atoms with Gasteiger partial charge in [0.1, 0.15) is 0 Å². The summed E-state index contributed by atoms with van der Waals surface area (Å²) in [6, 6.07) is 16.1. The minimum Gasteiger partial charge on any atom is -0.325 e. The first-order valence-corrected chi connectivity index (χ1v) is 9.80. The summed E-state index contributed by atoms with van der Waals surface area (Å²) < 4.78 is 0. The van der Waals surface area contributed by atoms with Gasteiger partial charge in [-0.15, -0.1) is 0 Å². The lowest BCUT2D eigenvalue weighted by molar-refractivity contribution is -0.111.